The van der Waals surface area contributed by atoms with Crippen LogP contribution >= 0.6 is 0 Å². The zero-order chi connectivity index (χ0) is 13.2. The fraction of sp³-hybridized carbons (Fsp3) is 1.00. The maximum atomic E-state index is 10.1. The van der Waals surface area contributed by atoms with Crippen LogP contribution in [0.4, 0.5) is 0 Å². The van der Waals surface area contributed by atoms with Crippen molar-refractivity contribution in [3.8, 4) is 0 Å². The van der Waals surface area contributed by atoms with Crippen LogP contribution in [0.3, 0.4) is 0 Å². The van der Waals surface area contributed by atoms with Crippen molar-refractivity contribution in [1.82, 2.24) is 0 Å². The van der Waals surface area contributed by atoms with Crippen molar-refractivity contribution in [2.75, 3.05) is 20.4 Å². The van der Waals surface area contributed by atoms with Crippen LogP contribution in [0.25, 0.3) is 0 Å². The summed E-state index contributed by atoms with van der Waals surface area (Å²) in [6, 6.07) is 0. The fourth-order valence-electron chi connectivity index (χ4n) is 2.03. The van der Waals surface area contributed by atoms with Crippen molar-refractivity contribution < 1.29 is 19.4 Å². The number of aliphatic hydroxyl groups is 2. The molecule has 0 heterocycles. The van der Waals surface area contributed by atoms with Gasteiger partial charge in [-0.1, -0.05) is 20.8 Å². The topological polar surface area (TPSA) is 49.7 Å². The van der Waals surface area contributed by atoms with Gasteiger partial charge in [-0.2, -0.15) is 0 Å². The summed E-state index contributed by atoms with van der Waals surface area (Å²) in [6.45, 7) is 12.8. The van der Waals surface area contributed by atoms with E-state index in [0.717, 1.165) is 0 Å². The molecule has 0 aliphatic heterocycles. The minimum Gasteiger partial charge on any atom is -0.347 e. The van der Waals surface area contributed by atoms with E-state index < -0.39 is 6.41 Å². The Morgan fingerprint density at radius 2 is 1.56 bits per heavy atom. The van der Waals surface area contributed by atoms with E-state index in [9.17, 15) is 10.2 Å². The van der Waals surface area contributed by atoms with Gasteiger partial charge in [-0.3, -0.25) is 0 Å². The molecule has 0 aliphatic carbocycles. The van der Waals surface area contributed by atoms with Crippen molar-refractivity contribution in [3.05, 3.63) is 0 Å². The lowest BCUT2D eigenvalue weighted by atomic mass is 9.91. The van der Waals surface area contributed by atoms with Gasteiger partial charge in [0.25, 0.3) is 0 Å². The van der Waals surface area contributed by atoms with Gasteiger partial charge in [0.2, 0.25) is 0 Å². The second-order valence-corrected chi connectivity index (χ2v) is 6.63. The molecule has 2 N–H and O–H groups in total. The summed E-state index contributed by atoms with van der Waals surface area (Å²) in [6.07, 6.45) is -1.01. The van der Waals surface area contributed by atoms with E-state index in [0.29, 0.717) is 6.54 Å². The summed E-state index contributed by atoms with van der Waals surface area (Å²) in [5.41, 5.74) is -0.299. The fourth-order valence-corrected chi connectivity index (χ4v) is 2.03. The highest BCUT2D eigenvalue weighted by atomic mass is 16.6. The Balaban J connectivity index is 5.30. The van der Waals surface area contributed by atoms with E-state index >= 15 is 0 Å². The number of rotatable bonds is 4. The Hall–Kier alpha value is -0.160. The molecule has 4 nitrogen and oxygen atoms in total. The molecule has 16 heavy (non-hydrogen) atoms. The largest absolute Gasteiger partial charge is 0.347 e. The lowest BCUT2D eigenvalue weighted by Crippen LogP contribution is -2.68. The molecule has 0 saturated carbocycles. The molecule has 0 spiro atoms. The van der Waals surface area contributed by atoms with Crippen LogP contribution in [0, 0.1) is 5.41 Å². The molecular formula is C12H28NO3+. The summed E-state index contributed by atoms with van der Waals surface area (Å²) in [5.74, 6) is 0. The molecule has 0 aliphatic rings. The Bertz CT molecular complexity index is 217. The monoisotopic (exact) mass is 234 g/mol. The lowest BCUT2D eigenvalue weighted by Gasteiger charge is -2.51. The van der Waals surface area contributed by atoms with Gasteiger partial charge in [0.15, 0.2) is 6.73 Å². The van der Waals surface area contributed by atoms with Crippen molar-refractivity contribution in [3.63, 3.8) is 0 Å². The van der Waals surface area contributed by atoms with E-state index in [1.807, 2.05) is 20.8 Å². The van der Waals surface area contributed by atoms with Crippen LogP contribution in [0.1, 0.15) is 41.5 Å². The van der Waals surface area contributed by atoms with Gasteiger partial charge < -0.3 is 14.9 Å². The zero-order valence-corrected chi connectivity index (χ0v) is 11.7. The highest BCUT2D eigenvalue weighted by Gasteiger charge is 2.48. The standard InChI is InChI=1S/C12H28NO3/c1-11(2,3)8-13(9-14,10(15)16-7)12(4,5)6/h10,14-15H,8-9H2,1-7H3/q+1. The quantitative estimate of drug-likeness (QED) is 0.573. The van der Waals surface area contributed by atoms with Crippen LogP contribution in [0.2, 0.25) is 0 Å². The predicted octanol–water partition coefficient (Wildman–Crippen LogP) is 1.52. The van der Waals surface area contributed by atoms with E-state index in [-0.39, 0.29) is 22.2 Å². The van der Waals surface area contributed by atoms with Crippen molar-refractivity contribution in [1.29, 1.82) is 0 Å². The minimum absolute atomic E-state index is 0.00444. The molecule has 98 valence electrons. The van der Waals surface area contributed by atoms with Gasteiger partial charge >= 0.3 is 6.41 Å². The first-order valence-corrected chi connectivity index (χ1v) is 5.69. The molecule has 0 aromatic heterocycles. The Morgan fingerprint density at radius 1 is 1.12 bits per heavy atom. The zero-order valence-electron chi connectivity index (χ0n) is 11.7. The van der Waals surface area contributed by atoms with Crippen LogP contribution < -0.4 is 0 Å². The maximum Gasteiger partial charge on any atom is 0.308 e. The number of quaternary nitrogens is 1. The van der Waals surface area contributed by atoms with Gasteiger partial charge in [-0.15, -0.1) is 0 Å². The third-order valence-electron chi connectivity index (χ3n) is 2.98. The summed E-state index contributed by atoms with van der Waals surface area (Å²) in [4.78, 5) is 0. The molecule has 0 aromatic carbocycles. The third kappa shape index (κ3) is 3.42. The number of methoxy groups -OCH3 is 1. The molecule has 0 saturated heterocycles. The normalized spacial score (nSPS) is 19.3. The number of ether oxygens (including phenoxy) is 1. The first kappa shape index (κ1) is 15.8. The molecule has 2 atom stereocenters. The molecule has 0 radical (unpaired) electrons. The Kier molecular flexibility index (Phi) is 4.95. The van der Waals surface area contributed by atoms with Crippen molar-refractivity contribution in [2.45, 2.75) is 53.5 Å². The highest BCUT2D eigenvalue weighted by molar-refractivity contribution is 4.68. The van der Waals surface area contributed by atoms with E-state index in [4.69, 9.17) is 4.74 Å². The van der Waals surface area contributed by atoms with Gasteiger partial charge in [0.05, 0.1) is 12.1 Å². The molecule has 4 heteroatoms. The van der Waals surface area contributed by atoms with Gasteiger partial charge in [-0.05, 0) is 20.8 Å². The van der Waals surface area contributed by atoms with Crippen molar-refractivity contribution >= 4 is 0 Å². The van der Waals surface area contributed by atoms with Crippen LogP contribution in [-0.4, -0.2) is 47.0 Å². The first-order chi connectivity index (χ1) is 7.00. The van der Waals surface area contributed by atoms with E-state index in [2.05, 4.69) is 20.8 Å². The van der Waals surface area contributed by atoms with Crippen molar-refractivity contribution in [2.24, 2.45) is 5.41 Å². The molecule has 0 aromatic rings. The number of nitrogens with zero attached hydrogens (tertiary/aromatic N) is 1. The van der Waals surface area contributed by atoms with Gasteiger partial charge in [-0.25, -0.2) is 4.48 Å². The second kappa shape index (κ2) is 5.00. The summed E-state index contributed by atoms with van der Waals surface area (Å²) < 4.78 is 5.16. The second-order valence-electron chi connectivity index (χ2n) is 6.63. The first-order valence-electron chi connectivity index (χ1n) is 5.69. The smallest absolute Gasteiger partial charge is 0.308 e. The Labute approximate surface area is 99.4 Å². The average Bonchev–Trinajstić information content (AvgIpc) is 2.09. The number of hydrogen-bond acceptors (Lipinski definition) is 3. The average molecular weight is 234 g/mol. The summed E-state index contributed by atoms with van der Waals surface area (Å²) in [7, 11) is 1.46. The third-order valence-corrected chi connectivity index (χ3v) is 2.98. The molecule has 0 amide bonds. The van der Waals surface area contributed by atoms with Crippen LogP contribution in [0.15, 0.2) is 0 Å². The lowest BCUT2D eigenvalue weighted by molar-refractivity contribution is -1.05. The molecule has 0 bridgehead atoms. The molecule has 0 rings (SSSR count). The number of aliphatic hydroxyl groups excluding tert-OH is 2. The van der Waals surface area contributed by atoms with E-state index in [1.165, 1.54) is 7.11 Å². The minimum atomic E-state index is -1.01. The van der Waals surface area contributed by atoms with Crippen LogP contribution in [0.5, 0.6) is 0 Å². The highest BCUT2D eigenvalue weighted by Crippen LogP contribution is 2.32. The van der Waals surface area contributed by atoms with Gasteiger partial charge in [0, 0.05) is 12.5 Å². The summed E-state index contributed by atoms with van der Waals surface area (Å²) >= 11 is 0. The summed E-state index contributed by atoms with van der Waals surface area (Å²) in [5, 5.41) is 19.8. The number of hydrogen-bond donors (Lipinski definition) is 2. The molecule has 0 fully saturated rings. The Morgan fingerprint density at radius 3 is 1.75 bits per heavy atom. The molecule has 2 unspecified atom stereocenters. The van der Waals surface area contributed by atoms with Crippen LogP contribution in [-0.2, 0) is 4.74 Å². The molecular weight excluding hydrogens is 206 g/mol. The SMILES string of the molecule is COC(O)[N+](CO)(CC(C)(C)C)C(C)(C)C. The maximum absolute atomic E-state index is 10.1. The van der Waals surface area contributed by atoms with E-state index in [1.54, 1.807) is 0 Å². The predicted molar refractivity (Wildman–Crippen MR) is 64.4 cm³/mol. The van der Waals surface area contributed by atoms with Gasteiger partial charge in [0.1, 0.15) is 0 Å².